The lowest BCUT2D eigenvalue weighted by molar-refractivity contribution is -0.242. The van der Waals surface area contributed by atoms with Gasteiger partial charge in [-0.3, -0.25) is 14.3 Å². The fourth-order valence-electron chi connectivity index (χ4n) is 5.39. The molecule has 1 N–H and O–H groups in total. The smallest absolute Gasteiger partial charge is 0.330 e. The molecule has 1 aromatic heterocycles. The number of nitrogens with one attached hydrogen (secondary N) is 1. The van der Waals surface area contributed by atoms with Crippen LogP contribution in [0.1, 0.15) is 35.8 Å². The molecule has 1 aliphatic carbocycles. The quantitative estimate of drug-likeness (QED) is 0.538. The van der Waals surface area contributed by atoms with Crippen molar-refractivity contribution in [3.8, 4) is 0 Å². The molecule has 3 unspecified atom stereocenters. The molecule has 8 nitrogen and oxygen atoms in total. The molecule has 2 saturated heterocycles. The maximum atomic E-state index is 12.7. The van der Waals surface area contributed by atoms with Gasteiger partial charge in [-0.1, -0.05) is 60.7 Å². The third-order valence-electron chi connectivity index (χ3n) is 7.33. The van der Waals surface area contributed by atoms with Crippen molar-refractivity contribution in [3.63, 3.8) is 0 Å². The normalized spacial score (nSPS) is 28.0. The van der Waals surface area contributed by atoms with Crippen LogP contribution in [0.4, 0.5) is 0 Å². The van der Waals surface area contributed by atoms with Gasteiger partial charge in [0.15, 0.2) is 11.8 Å². The third kappa shape index (κ3) is 3.77. The number of nitrogens with zero attached hydrogens (tertiary/aromatic N) is 1. The Morgan fingerprint density at radius 1 is 0.971 bits per heavy atom. The maximum absolute atomic E-state index is 12.7. The summed E-state index contributed by atoms with van der Waals surface area (Å²) in [4.78, 5) is 27.1. The van der Waals surface area contributed by atoms with E-state index in [1.165, 1.54) is 10.8 Å². The Kier molecular flexibility index (Phi) is 5.49. The summed E-state index contributed by atoms with van der Waals surface area (Å²) >= 11 is 0. The summed E-state index contributed by atoms with van der Waals surface area (Å²) in [5.74, 6) is 0. The Morgan fingerprint density at radius 2 is 1.63 bits per heavy atom. The van der Waals surface area contributed by atoms with Crippen LogP contribution >= 0.6 is 0 Å². The first-order valence-corrected chi connectivity index (χ1v) is 12.0. The molecule has 3 aromatic rings. The third-order valence-corrected chi connectivity index (χ3v) is 7.33. The zero-order chi connectivity index (χ0) is 24.0. The van der Waals surface area contributed by atoms with Gasteiger partial charge in [0, 0.05) is 11.8 Å². The van der Waals surface area contributed by atoms with E-state index in [2.05, 4.69) is 4.98 Å². The van der Waals surface area contributed by atoms with Gasteiger partial charge < -0.3 is 18.9 Å². The van der Waals surface area contributed by atoms with E-state index in [1.54, 1.807) is 6.92 Å². The molecule has 1 saturated carbocycles. The molecule has 4 atom stereocenters. The highest BCUT2D eigenvalue weighted by atomic mass is 16.7. The van der Waals surface area contributed by atoms with Gasteiger partial charge in [-0.15, -0.1) is 0 Å². The van der Waals surface area contributed by atoms with Gasteiger partial charge in [-0.2, -0.15) is 0 Å². The summed E-state index contributed by atoms with van der Waals surface area (Å²) in [5, 5.41) is 0. The average Bonchev–Trinajstić information content (AvgIpc) is 3.52. The highest BCUT2D eigenvalue weighted by Gasteiger charge is 2.79. The average molecular weight is 477 g/mol. The second-order valence-electron chi connectivity index (χ2n) is 9.65. The van der Waals surface area contributed by atoms with Crippen LogP contribution in [-0.4, -0.2) is 39.6 Å². The van der Waals surface area contributed by atoms with Crippen LogP contribution in [0.15, 0.2) is 76.4 Å². The summed E-state index contributed by atoms with van der Waals surface area (Å²) in [7, 11) is 0. The van der Waals surface area contributed by atoms with Crippen molar-refractivity contribution in [3.05, 3.63) is 104 Å². The number of hydrogen-bond acceptors (Lipinski definition) is 6. The van der Waals surface area contributed by atoms with Gasteiger partial charge in [-0.05, 0) is 30.9 Å². The monoisotopic (exact) mass is 476 g/mol. The van der Waals surface area contributed by atoms with Crippen molar-refractivity contribution in [1.82, 2.24) is 9.55 Å². The molecule has 3 aliphatic rings. The number of ether oxygens (including phenoxy) is 4. The first-order chi connectivity index (χ1) is 17.0. The van der Waals surface area contributed by atoms with E-state index in [1.807, 2.05) is 60.7 Å². The Hall–Kier alpha value is -3.04. The van der Waals surface area contributed by atoms with E-state index >= 15 is 0 Å². The number of rotatable bonds is 8. The molecular formula is C27H28N2O6. The van der Waals surface area contributed by atoms with Crippen molar-refractivity contribution in [1.29, 1.82) is 0 Å². The number of fused-ring (bicyclic) bond motifs is 3. The number of aryl methyl sites for hydroxylation is 1. The van der Waals surface area contributed by atoms with Crippen molar-refractivity contribution in [2.24, 2.45) is 0 Å². The Balaban J connectivity index is 1.32. The molecule has 3 heterocycles. The van der Waals surface area contributed by atoms with Crippen molar-refractivity contribution in [2.45, 2.75) is 62.6 Å². The summed E-state index contributed by atoms with van der Waals surface area (Å²) in [6, 6.07) is 19.9. The summed E-state index contributed by atoms with van der Waals surface area (Å²) in [5.41, 5.74) is 0.224. The predicted molar refractivity (Wildman–Crippen MR) is 127 cm³/mol. The first kappa shape index (κ1) is 22.4. The zero-order valence-electron chi connectivity index (χ0n) is 19.5. The zero-order valence-corrected chi connectivity index (χ0v) is 19.5. The van der Waals surface area contributed by atoms with Crippen LogP contribution in [0.25, 0.3) is 0 Å². The van der Waals surface area contributed by atoms with E-state index in [0.717, 1.165) is 24.0 Å². The molecule has 2 aromatic carbocycles. The number of benzene rings is 2. The molecule has 2 bridgehead atoms. The second-order valence-corrected chi connectivity index (χ2v) is 9.65. The summed E-state index contributed by atoms with van der Waals surface area (Å²) < 4.78 is 27.4. The van der Waals surface area contributed by atoms with E-state index in [9.17, 15) is 9.59 Å². The van der Waals surface area contributed by atoms with Gasteiger partial charge >= 0.3 is 5.69 Å². The minimum absolute atomic E-state index is 0.269. The molecule has 0 amide bonds. The summed E-state index contributed by atoms with van der Waals surface area (Å²) in [6.45, 7) is 2.75. The Morgan fingerprint density at radius 3 is 2.29 bits per heavy atom. The molecular weight excluding hydrogens is 448 g/mol. The molecule has 182 valence electrons. The van der Waals surface area contributed by atoms with Crippen molar-refractivity contribution < 1.29 is 18.9 Å². The SMILES string of the molecule is Cc1cn(C2O[C@]3(COCc4ccccc4)C(OCc4ccccc4)C2OC32CC2)c(=O)[nH]c1=O. The maximum Gasteiger partial charge on any atom is 0.330 e. The van der Waals surface area contributed by atoms with Crippen LogP contribution in [0.2, 0.25) is 0 Å². The molecule has 0 radical (unpaired) electrons. The topological polar surface area (TPSA) is 91.8 Å². The van der Waals surface area contributed by atoms with Crippen molar-refractivity contribution in [2.75, 3.05) is 6.61 Å². The van der Waals surface area contributed by atoms with E-state index < -0.39 is 40.9 Å². The molecule has 2 aliphatic heterocycles. The minimum Gasteiger partial charge on any atom is -0.374 e. The van der Waals surface area contributed by atoms with Gasteiger partial charge in [0.2, 0.25) is 0 Å². The lowest BCUT2D eigenvalue weighted by Crippen LogP contribution is -2.54. The fourth-order valence-corrected chi connectivity index (χ4v) is 5.39. The van der Waals surface area contributed by atoms with Gasteiger partial charge in [-0.25, -0.2) is 4.79 Å². The van der Waals surface area contributed by atoms with Gasteiger partial charge in [0.1, 0.15) is 17.8 Å². The summed E-state index contributed by atoms with van der Waals surface area (Å²) in [6.07, 6.45) is 1.54. The van der Waals surface area contributed by atoms with Crippen LogP contribution in [-0.2, 0) is 32.2 Å². The largest absolute Gasteiger partial charge is 0.374 e. The highest BCUT2D eigenvalue weighted by molar-refractivity contribution is 5.27. The molecule has 8 heteroatoms. The lowest BCUT2D eigenvalue weighted by Gasteiger charge is -2.38. The Labute approximate surface area is 202 Å². The second kappa shape index (κ2) is 8.57. The molecule has 1 spiro atoms. The lowest BCUT2D eigenvalue weighted by atomic mass is 9.91. The van der Waals surface area contributed by atoms with E-state index in [4.69, 9.17) is 18.9 Å². The Bertz CT molecular complexity index is 1320. The minimum atomic E-state index is -0.866. The standard InChI is InChI=1S/C27H28N2O6/c1-18-14-29(25(31)28-23(18)30)24-21-22(33-16-20-10-6-3-7-11-20)27(35-24,26(34-21)12-13-26)17-32-15-19-8-4-2-5-9-19/h2-11,14,21-22,24H,12-13,15-17H2,1H3,(H,28,30,31)/t21?,22?,24?,27-/m1/s1. The van der Waals surface area contributed by atoms with Crippen LogP contribution < -0.4 is 11.2 Å². The highest BCUT2D eigenvalue weighted by Crippen LogP contribution is 2.65. The number of aromatic nitrogens is 2. The molecule has 6 rings (SSSR count). The van der Waals surface area contributed by atoms with Crippen LogP contribution in [0.5, 0.6) is 0 Å². The molecule has 3 fully saturated rings. The van der Waals surface area contributed by atoms with Crippen molar-refractivity contribution >= 4 is 0 Å². The number of H-pyrrole nitrogens is 1. The predicted octanol–water partition coefficient (Wildman–Crippen LogP) is 2.85. The molecule has 35 heavy (non-hydrogen) atoms. The number of aromatic amines is 1. The van der Waals surface area contributed by atoms with Gasteiger partial charge in [0.25, 0.3) is 5.56 Å². The van der Waals surface area contributed by atoms with Crippen LogP contribution in [0.3, 0.4) is 0 Å². The van der Waals surface area contributed by atoms with E-state index in [-0.39, 0.29) is 6.61 Å². The van der Waals surface area contributed by atoms with Crippen LogP contribution in [0, 0.1) is 6.92 Å². The van der Waals surface area contributed by atoms with Gasteiger partial charge in [0.05, 0.1) is 19.8 Å². The fraction of sp³-hybridized carbons (Fsp3) is 0.407. The first-order valence-electron chi connectivity index (χ1n) is 12.0. The number of hydrogen-bond donors (Lipinski definition) is 1. The van der Waals surface area contributed by atoms with E-state index in [0.29, 0.717) is 18.8 Å².